The van der Waals surface area contributed by atoms with Gasteiger partial charge in [-0.25, -0.2) is 14.6 Å². The minimum atomic E-state index is -0.566. The molecule has 0 aliphatic rings. The highest BCUT2D eigenvalue weighted by atomic mass is 79.9. The summed E-state index contributed by atoms with van der Waals surface area (Å²) in [6.45, 7) is 11.5. The van der Waals surface area contributed by atoms with E-state index in [1.165, 1.54) is 11.3 Å². The lowest BCUT2D eigenvalue weighted by molar-refractivity contribution is -0.0000458. The van der Waals surface area contributed by atoms with Crippen molar-refractivity contribution in [2.75, 3.05) is 6.61 Å². The second-order valence-corrected chi connectivity index (χ2v) is 7.19. The Labute approximate surface area is 158 Å². The summed E-state index contributed by atoms with van der Waals surface area (Å²) in [4.78, 5) is 28.1. The van der Waals surface area contributed by atoms with Crippen LogP contribution >= 0.6 is 11.3 Å². The van der Waals surface area contributed by atoms with E-state index in [-0.39, 0.29) is 34.6 Å². The topological polar surface area (TPSA) is 77.5 Å². The number of aromatic nitrogens is 1. The lowest BCUT2D eigenvalue weighted by Crippen LogP contribution is -3.00. The second-order valence-electron chi connectivity index (χ2n) is 6.30. The Morgan fingerprint density at radius 3 is 2.46 bits per heavy atom. The lowest BCUT2D eigenvalue weighted by Gasteiger charge is -2.25. The Morgan fingerprint density at radius 2 is 1.96 bits per heavy atom. The Bertz CT molecular complexity index is 542. The van der Waals surface area contributed by atoms with Gasteiger partial charge in [0.1, 0.15) is 10.6 Å². The molecule has 0 radical (unpaired) electrons. The number of nitrogens with zero attached hydrogens (tertiary/aromatic N) is 1. The Hall–Kier alpha value is -1.15. The van der Waals surface area contributed by atoms with Crippen LogP contribution in [-0.4, -0.2) is 29.3 Å². The number of esters is 1. The van der Waals surface area contributed by atoms with Gasteiger partial charge in [0.25, 0.3) is 0 Å². The van der Waals surface area contributed by atoms with Crippen LogP contribution in [0.2, 0.25) is 0 Å². The minimum absolute atomic E-state index is 0. The molecule has 1 N–H and O–H groups in total. The van der Waals surface area contributed by atoms with E-state index in [0.717, 1.165) is 6.42 Å². The summed E-state index contributed by atoms with van der Waals surface area (Å²) in [5.41, 5.74) is -0.297. The molecular weight excluding hydrogens is 396 g/mol. The van der Waals surface area contributed by atoms with Gasteiger partial charge in [0.15, 0.2) is 5.69 Å². The fourth-order valence-electron chi connectivity index (χ4n) is 1.85. The van der Waals surface area contributed by atoms with E-state index in [4.69, 9.17) is 9.47 Å². The van der Waals surface area contributed by atoms with E-state index in [0.29, 0.717) is 11.6 Å². The molecule has 24 heavy (non-hydrogen) atoms. The van der Waals surface area contributed by atoms with Crippen molar-refractivity contribution < 1.29 is 36.0 Å². The monoisotopic (exact) mass is 421 g/mol. The van der Waals surface area contributed by atoms with Gasteiger partial charge in [0, 0.05) is 5.38 Å². The molecule has 138 valence electrons. The molecule has 1 rings (SSSR count). The van der Waals surface area contributed by atoms with Gasteiger partial charge in [-0.2, -0.15) is 0 Å². The summed E-state index contributed by atoms with van der Waals surface area (Å²) >= 11 is 1.33. The fraction of sp³-hybridized carbons (Fsp3) is 0.688. The highest BCUT2D eigenvalue weighted by molar-refractivity contribution is 7.09. The van der Waals surface area contributed by atoms with Crippen LogP contribution in [0.4, 0.5) is 4.79 Å². The minimum Gasteiger partial charge on any atom is -1.00 e. The Balaban J connectivity index is 0.00000529. The summed E-state index contributed by atoms with van der Waals surface area (Å²) in [6.07, 6.45) is 0.366. The number of rotatable bonds is 6. The summed E-state index contributed by atoms with van der Waals surface area (Å²) in [6, 6.07) is -0.303. The molecule has 6 nitrogen and oxygen atoms in total. The van der Waals surface area contributed by atoms with Gasteiger partial charge in [-0.1, -0.05) is 20.3 Å². The van der Waals surface area contributed by atoms with E-state index in [9.17, 15) is 9.59 Å². The Morgan fingerprint density at radius 1 is 1.33 bits per heavy atom. The molecule has 0 aromatic carbocycles. The number of carbonyl (C=O) groups excluding carboxylic acids is 2. The van der Waals surface area contributed by atoms with Crippen molar-refractivity contribution in [1.29, 1.82) is 0 Å². The number of amides is 1. The zero-order valence-electron chi connectivity index (χ0n) is 15.0. The standard InChI is InChI=1S/C16H26N2O4S.BrH/c1-7-10(3)12(18-15(20)22-16(4,5)6)13-17-11(9-23-13)14(19)21-8-2;/h9-10,12H,7-8H2,1-6H3,(H,18,20);1H/p-1/t10-,12+;/m0./s1. The maximum atomic E-state index is 12.1. The first-order valence-corrected chi connectivity index (χ1v) is 8.68. The number of hydrogen-bond acceptors (Lipinski definition) is 6. The third-order valence-electron chi connectivity index (χ3n) is 3.16. The molecule has 0 bridgehead atoms. The maximum Gasteiger partial charge on any atom is 0.408 e. The van der Waals surface area contributed by atoms with Crippen molar-refractivity contribution >= 4 is 23.4 Å². The van der Waals surface area contributed by atoms with Crippen LogP contribution in [0.1, 0.15) is 69.5 Å². The van der Waals surface area contributed by atoms with Crippen molar-refractivity contribution in [3.63, 3.8) is 0 Å². The van der Waals surface area contributed by atoms with Gasteiger partial charge < -0.3 is 31.8 Å². The van der Waals surface area contributed by atoms with Gasteiger partial charge >= 0.3 is 12.1 Å². The van der Waals surface area contributed by atoms with Crippen molar-refractivity contribution in [1.82, 2.24) is 10.3 Å². The molecule has 2 atom stereocenters. The Kier molecular flexibility index (Phi) is 9.50. The second kappa shape index (κ2) is 9.98. The smallest absolute Gasteiger partial charge is 0.408 e. The molecule has 0 unspecified atom stereocenters. The van der Waals surface area contributed by atoms with Crippen LogP contribution in [0.15, 0.2) is 5.38 Å². The number of ether oxygens (including phenoxy) is 2. The van der Waals surface area contributed by atoms with E-state index >= 15 is 0 Å². The first kappa shape index (κ1) is 22.9. The number of nitrogens with one attached hydrogen (secondary N) is 1. The fourth-order valence-corrected chi connectivity index (χ4v) is 2.82. The molecule has 0 spiro atoms. The molecule has 8 heteroatoms. The normalized spacial score (nSPS) is 13.4. The lowest BCUT2D eigenvalue weighted by atomic mass is 10.00. The summed E-state index contributed by atoms with van der Waals surface area (Å²) < 4.78 is 10.3. The third kappa shape index (κ3) is 7.17. The van der Waals surface area contributed by atoms with Crippen molar-refractivity contribution in [3.05, 3.63) is 16.1 Å². The number of hydrogen-bond donors (Lipinski definition) is 1. The largest absolute Gasteiger partial charge is 1.00 e. The zero-order valence-corrected chi connectivity index (χ0v) is 17.4. The molecule has 0 fully saturated rings. The average molecular weight is 422 g/mol. The van der Waals surface area contributed by atoms with Crippen LogP contribution in [0.5, 0.6) is 0 Å². The van der Waals surface area contributed by atoms with Gasteiger partial charge in [0.05, 0.1) is 12.6 Å². The molecule has 0 saturated carbocycles. The third-order valence-corrected chi connectivity index (χ3v) is 4.09. The van der Waals surface area contributed by atoms with Crippen molar-refractivity contribution in [2.24, 2.45) is 5.92 Å². The predicted molar refractivity (Wildman–Crippen MR) is 89.6 cm³/mol. The van der Waals surface area contributed by atoms with Gasteiger partial charge in [-0.15, -0.1) is 11.3 Å². The van der Waals surface area contributed by atoms with Crippen LogP contribution in [-0.2, 0) is 9.47 Å². The van der Waals surface area contributed by atoms with Crippen molar-refractivity contribution in [3.8, 4) is 0 Å². The predicted octanol–water partition coefficient (Wildman–Crippen LogP) is 0.936. The zero-order chi connectivity index (χ0) is 17.6. The van der Waals surface area contributed by atoms with Crippen LogP contribution in [0, 0.1) is 5.92 Å². The SMILES string of the molecule is CCOC(=O)c1csc([C@H](NC(=O)OC(C)(C)C)[C@@H](C)CC)n1.[Br-]. The van der Waals surface area contributed by atoms with E-state index in [1.54, 1.807) is 12.3 Å². The molecule has 1 heterocycles. The number of halogens is 1. The van der Waals surface area contributed by atoms with E-state index in [1.807, 2.05) is 34.6 Å². The van der Waals surface area contributed by atoms with Gasteiger partial charge in [-0.3, -0.25) is 0 Å². The molecule has 0 aliphatic heterocycles. The van der Waals surface area contributed by atoms with E-state index < -0.39 is 17.7 Å². The molecule has 1 aromatic heterocycles. The van der Waals surface area contributed by atoms with Crippen LogP contribution in [0.25, 0.3) is 0 Å². The average Bonchev–Trinajstić information content (AvgIpc) is 2.92. The maximum absolute atomic E-state index is 12.1. The first-order valence-electron chi connectivity index (χ1n) is 7.80. The van der Waals surface area contributed by atoms with Gasteiger partial charge in [0.2, 0.25) is 0 Å². The molecule has 0 aliphatic carbocycles. The quantitative estimate of drug-likeness (QED) is 0.691. The van der Waals surface area contributed by atoms with Gasteiger partial charge in [-0.05, 0) is 33.6 Å². The summed E-state index contributed by atoms with van der Waals surface area (Å²) in [5.74, 6) is -0.293. The summed E-state index contributed by atoms with van der Waals surface area (Å²) in [5, 5.41) is 5.19. The first-order chi connectivity index (χ1) is 10.7. The molecular formula is C16H26BrN2O4S-. The highest BCUT2D eigenvalue weighted by Crippen LogP contribution is 2.28. The van der Waals surface area contributed by atoms with Crippen molar-refractivity contribution in [2.45, 2.75) is 59.6 Å². The molecule has 0 saturated heterocycles. The van der Waals surface area contributed by atoms with Crippen LogP contribution < -0.4 is 22.3 Å². The molecule has 1 amide bonds. The number of thiazole rings is 1. The highest BCUT2D eigenvalue weighted by Gasteiger charge is 2.27. The number of carbonyl (C=O) groups is 2. The summed E-state index contributed by atoms with van der Waals surface area (Å²) in [7, 11) is 0. The number of alkyl carbamates (subject to hydrolysis) is 1. The van der Waals surface area contributed by atoms with E-state index in [2.05, 4.69) is 10.3 Å². The molecule has 1 aromatic rings. The van der Waals surface area contributed by atoms with Crippen LogP contribution in [0.3, 0.4) is 0 Å².